The number of rotatable bonds is 11. The molecule has 0 heterocycles. The third kappa shape index (κ3) is 13.8. The molecule has 0 rings (SSSR count). The van der Waals surface area contributed by atoms with Crippen LogP contribution >= 0.6 is 0 Å². The Bertz CT molecular complexity index is 327. The fourth-order valence-electron chi connectivity index (χ4n) is 1.44. The maximum Gasteiger partial charge on any atom is 3.00 e. The third-order valence-corrected chi connectivity index (χ3v) is 2.14. The van der Waals surface area contributed by atoms with E-state index in [-0.39, 0.29) is 51.4 Å². The maximum absolute atomic E-state index is 10.4. The Labute approximate surface area is 150 Å². The molecular weight excluding hydrogens is 451 g/mol. The zero-order chi connectivity index (χ0) is 15.7. The van der Waals surface area contributed by atoms with E-state index in [1.807, 2.05) is 0 Å². The zero-order valence-corrected chi connectivity index (χ0v) is 12.3. The number of hydrogen-bond donors (Lipinski definition) is 0. The van der Waals surface area contributed by atoms with E-state index in [0.717, 1.165) is 9.80 Å². The van der Waals surface area contributed by atoms with E-state index in [4.69, 9.17) is 0 Å². The predicted molar refractivity (Wildman–Crippen MR) is 54.0 cm³/mol. The number of nitrogens with zero attached hydrogens (tertiary/aromatic N) is 2. The summed E-state index contributed by atoms with van der Waals surface area (Å²) in [6.45, 7) is -3.25. The normalized spacial score (nSPS) is 10.2. The minimum absolute atomic E-state index is 0. The monoisotopic (exact) mass is 464 g/mol. The second-order valence-electron chi connectivity index (χ2n) is 3.91. The van der Waals surface area contributed by atoms with Gasteiger partial charge in [-0.2, -0.15) is 0 Å². The fourth-order valence-corrected chi connectivity index (χ4v) is 1.44. The quantitative estimate of drug-likeness (QED) is 0.287. The summed E-state index contributed by atoms with van der Waals surface area (Å²) in [6, 6.07) is 0. The first-order valence-electron chi connectivity index (χ1n) is 5.44. The maximum atomic E-state index is 10.4. The topological polar surface area (TPSA) is 167 Å². The predicted octanol–water partition coefficient (Wildman–Crippen LogP) is -7.30. The standard InChI is InChI=1S/C10H16N2O8.Lu/c13-7(14)3-11(4-8(15)16)1-2-12(5-9(17)18)6-10(19)20;/h1-6H2,(H,13,14)(H,15,16)(H,17,18)(H,19,20);/q;+3/p-3. The van der Waals surface area contributed by atoms with Crippen molar-refractivity contribution in [1.29, 1.82) is 0 Å². The summed E-state index contributed by atoms with van der Waals surface area (Å²) in [4.78, 5) is 43.4. The molecule has 0 fully saturated rings. The van der Waals surface area contributed by atoms with Crippen molar-refractivity contribution in [3.63, 3.8) is 0 Å². The molecule has 0 atom stereocenters. The molecular formula is C10H13LuN2O8. The smallest absolute Gasteiger partial charge is 0.549 e. The molecule has 0 unspecified atom stereocenters. The molecule has 0 aliphatic carbocycles. The minimum atomic E-state index is -1.53. The molecule has 0 aliphatic rings. The molecule has 0 saturated heterocycles. The first-order valence-corrected chi connectivity index (χ1v) is 5.44. The molecule has 0 saturated carbocycles. The van der Waals surface area contributed by atoms with Crippen molar-refractivity contribution in [2.75, 3.05) is 39.3 Å². The van der Waals surface area contributed by atoms with Gasteiger partial charge in [0.05, 0.1) is 23.9 Å². The van der Waals surface area contributed by atoms with Gasteiger partial charge in [0.25, 0.3) is 0 Å². The molecule has 126 valence electrons. The molecule has 0 aromatic rings. The molecule has 0 aliphatic heterocycles. The Morgan fingerprint density at radius 3 is 0.952 bits per heavy atom. The summed E-state index contributed by atoms with van der Waals surface area (Å²) in [7, 11) is 0. The molecule has 21 heavy (non-hydrogen) atoms. The van der Waals surface area contributed by atoms with Crippen molar-refractivity contribution < 1.29 is 77.9 Å². The van der Waals surface area contributed by atoms with Crippen LogP contribution in [0.25, 0.3) is 0 Å². The molecule has 0 bridgehead atoms. The minimum Gasteiger partial charge on any atom is -0.549 e. The number of carbonyl (C=O) groups excluding carboxylic acids is 4. The number of carboxylic acid groups (broad SMARTS) is 4. The zero-order valence-electron chi connectivity index (χ0n) is 11.7. The summed E-state index contributed by atoms with van der Waals surface area (Å²) in [5.74, 6) is -6.12. The van der Waals surface area contributed by atoms with Crippen LogP contribution in [0.4, 0.5) is 0 Å². The van der Waals surface area contributed by atoms with Crippen LogP contribution in [-0.4, -0.2) is 72.9 Å². The van der Waals surface area contributed by atoms with Crippen molar-refractivity contribution >= 4 is 23.9 Å². The van der Waals surface area contributed by atoms with Gasteiger partial charge in [-0.25, -0.2) is 0 Å². The van der Waals surface area contributed by atoms with E-state index in [1.165, 1.54) is 0 Å². The Balaban J connectivity index is -0.00000180. The van der Waals surface area contributed by atoms with E-state index in [1.54, 1.807) is 0 Å². The van der Waals surface area contributed by atoms with Crippen molar-refractivity contribution in [3.8, 4) is 0 Å². The van der Waals surface area contributed by atoms with Crippen LogP contribution in [0.5, 0.6) is 0 Å². The third-order valence-electron chi connectivity index (χ3n) is 2.14. The Morgan fingerprint density at radius 1 is 0.619 bits per heavy atom. The average Bonchev–Trinajstić information content (AvgIpc) is 2.22. The van der Waals surface area contributed by atoms with Crippen LogP contribution in [-0.2, 0) is 19.2 Å². The van der Waals surface area contributed by atoms with Crippen LogP contribution in [0.3, 0.4) is 0 Å². The first-order chi connectivity index (χ1) is 9.20. The Kier molecular flexibility index (Phi) is 12.4. The fraction of sp³-hybridized carbons (Fsp3) is 0.600. The summed E-state index contributed by atoms with van der Waals surface area (Å²) < 4.78 is 0. The number of hydrogen-bond acceptors (Lipinski definition) is 10. The van der Waals surface area contributed by atoms with Gasteiger partial charge >= 0.3 is 38.3 Å². The van der Waals surface area contributed by atoms with E-state index >= 15 is 0 Å². The first kappa shape index (κ1) is 22.3. The Hall–Kier alpha value is -0.966. The average molecular weight is 464 g/mol. The van der Waals surface area contributed by atoms with E-state index in [0.29, 0.717) is 0 Å². The van der Waals surface area contributed by atoms with Gasteiger partial charge in [-0.3, -0.25) is 9.80 Å². The second kappa shape index (κ2) is 11.7. The summed E-state index contributed by atoms with van der Waals surface area (Å²) in [5, 5.41) is 41.6. The molecule has 0 aromatic heterocycles. The molecule has 0 aromatic carbocycles. The SMILES string of the molecule is O=C([O-])CN(CCN(CC(=O)[O-])CC(=O)[O-])CC(=O)[O-].[H+].[Lu+3]. The van der Waals surface area contributed by atoms with E-state index in [9.17, 15) is 39.6 Å². The van der Waals surface area contributed by atoms with Gasteiger partial charge in [0.1, 0.15) is 0 Å². The van der Waals surface area contributed by atoms with Gasteiger partial charge in [0.2, 0.25) is 0 Å². The molecule has 0 spiro atoms. The van der Waals surface area contributed by atoms with Crippen LogP contribution in [0.15, 0.2) is 0 Å². The van der Waals surface area contributed by atoms with E-state index in [2.05, 4.69) is 0 Å². The van der Waals surface area contributed by atoms with Crippen LogP contribution in [0.1, 0.15) is 1.43 Å². The molecule has 11 heteroatoms. The molecule has 0 radical (unpaired) electrons. The van der Waals surface area contributed by atoms with Crippen LogP contribution in [0.2, 0.25) is 0 Å². The molecule has 0 N–H and O–H groups in total. The van der Waals surface area contributed by atoms with Crippen LogP contribution < -0.4 is 20.4 Å². The molecule has 10 nitrogen and oxygen atoms in total. The number of carbonyl (C=O) groups is 4. The number of aliphatic carboxylic acids is 4. The van der Waals surface area contributed by atoms with Crippen molar-refractivity contribution in [3.05, 3.63) is 0 Å². The largest absolute Gasteiger partial charge is 3.00 e. The molecule has 0 amide bonds. The van der Waals surface area contributed by atoms with E-state index < -0.39 is 50.1 Å². The van der Waals surface area contributed by atoms with Gasteiger partial charge in [-0.15, -0.1) is 0 Å². The van der Waals surface area contributed by atoms with Gasteiger partial charge in [-0.05, 0) is 0 Å². The van der Waals surface area contributed by atoms with Gasteiger partial charge in [0.15, 0.2) is 0 Å². The van der Waals surface area contributed by atoms with Crippen molar-refractivity contribution in [1.82, 2.24) is 9.80 Å². The number of carboxylic acids is 4. The van der Waals surface area contributed by atoms with Crippen LogP contribution in [0, 0.1) is 36.9 Å². The summed E-state index contributed by atoms with van der Waals surface area (Å²) >= 11 is 0. The van der Waals surface area contributed by atoms with Crippen molar-refractivity contribution in [2.45, 2.75) is 0 Å². The second-order valence-corrected chi connectivity index (χ2v) is 3.91. The summed E-state index contributed by atoms with van der Waals surface area (Å²) in [6.07, 6.45) is 0. The van der Waals surface area contributed by atoms with Gasteiger partial charge in [-0.1, -0.05) is 0 Å². The van der Waals surface area contributed by atoms with Gasteiger partial charge in [0, 0.05) is 39.3 Å². The van der Waals surface area contributed by atoms with Crippen molar-refractivity contribution in [2.24, 2.45) is 0 Å². The Morgan fingerprint density at radius 2 is 0.810 bits per heavy atom. The summed E-state index contributed by atoms with van der Waals surface area (Å²) in [5.41, 5.74) is 0. The van der Waals surface area contributed by atoms with Gasteiger partial charge < -0.3 is 39.6 Å².